The molecule has 2 aromatic carbocycles. The van der Waals surface area contributed by atoms with Crippen molar-refractivity contribution < 1.29 is 4.74 Å². The number of ether oxygens (including phenoxy) is 1. The lowest BCUT2D eigenvalue weighted by Crippen LogP contribution is -2.16. The van der Waals surface area contributed by atoms with E-state index in [1.54, 1.807) is 0 Å². The van der Waals surface area contributed by atoms with Gasteiger partial charge in [0, 0.05) is 5.39 Å². The van der Waals surface area contributed by atoms with Crippen LogP contribution in [0.2, 0.25) is 19.6 Å². The molecular formula is C20H19NOSi. The predicted octanol–water partition coefficient (Wildman–Crippen LogP) is 5.26. The van der Waals surface area contributed by atoms with Gasteiger partial charge in [0.15, 0.2) is 0 Å². The fourth-order valence-corrected chi connectivity index (χ4v) is 2.66. The maximum Gasteiger partial charge on any atom is 0.136 e. The van der Waals surface area contributed by atoms with Crippen LogP contribution in [0.1, 0.15) is 5.69 Å². The zero-order valence-electron chi connectivity index (χ0n) is 13.6. The summed E-state index contributed by atoms with van der Waals surface area (Å²) in [6.07, 6.45) is 0. The third kappa shape index (κ3) is 4.00. The fourth-order valence-electron chi connectivity index (χ4n) is 2.15. The van der Waals surface area contributed by atoms with E-state index >= 15 is 0 Å². The third-order valence-electron chi connectivity index (χ3n) is 3.23. The normalized spacial score (nSPS) is 10.9. The highest BCUT2D eigenvalue weighted by molar-refractivity contribution is 6.83. The van der Waals surface area contributed by atoms with Gasteiger partial charge in [0.1, 0.15) is 25.3 Å². The summed E-state index contributed by atoms with van der Waals surface area (Å²) in [5.41, 5.74) is 5.07. The Balaban J connectivity index is 1.97. The second-order valence-electron chi connectivity index (χ2n) is 6.43. The van der Waals surface area contributed by atoms with Crippen molar-refractivity contribution in [2.75, 3.05) is 0 Å². The van der Waals surface area contributed by atoms with Gasteiger partial charge in [0.05, 0.1) is 5.52 Å². The molecule has 3 rings (SSSR count). The predicted molar refractivity (Wildman–Crippen MR) is 98.5 cm³/mol. The van der Waals surface area contributed by atoms with Crippen LogP contribution in [0.25, 0.3) is 10.9 Å². The summed E-state index contributed by atoms with van der Waals surface area (Å²) in [5.74, 6) is 4.84. The van der Waals surface area contributed by atoms with Crippen LogP contribution in [0, 0.1) is 11.5 Å². The van der Waals surface area contributed by atoms with E-state index in [9.17, 15) is 0 Å². The molecule has 0 saturated heterocycles. The van der Waals surface area contributed by atoms with Crippen LogP contribution in [0.5, 0.6) is 11.5 Å². The fraction of sp³-hybridized carbons (Fsp3) is 0.150. The molecule has 1 heterocycles. The Morgan fingerprint density at radius 3 is 2.39 bits per heavy atom. The highest BCUT2D eigenvalue weighted by Crippen LogP contribution is 2.29. The summed E-state index contributed by atoms with van der Waals surface area (Å²) < 4.78 is 5.98. The Bertz CT molecular complexity index is 886. The van der Waals surface area contributed by atoms with Gasteiger partial charge in [0.25, 0.3) is 0 Å². The third-order valence-corrected chi connectivity index (χ3v) is 4.10. The average Bonchev–Trinajstić information content (AvgIpc) is 2.53. The lowest BCUT2D eigenvalue weighted by Gasteiger charge is -2.09. The van der Waals surface area contributed by atoms with Crippen LogP contribution in [-0.4, -0.2) is 13.1 Å². The largest absolute Gasteiger partial charge is 0.457 e. The first-order chi connectivity index (χ1) is 11.0. The first-order valence-corrected chi connectivity index (χ1v) is 11.2. The molecule has 0 aliphatic rings. The number of aromatic nitrogens is 1. The Kier molecular flexibility index (Phi) is 4.18. The van der Waals surface area contributed by atoms with E-state index in [0.29, 0.717) is 0 Å². The number of benzene rings is 2. The molecule has 0 spiro atoms. The lowest BCUT2D eigenvalue weighted by molar-refractivity contribution is 0.488. The molecule has 0 unspecified atom stereocenters. The molecule has 0 radical (unpaired) electrons. The molecule has 3 aromatic rings. The highest BCUT2D eigenvalue weighted by atomic mass is 28.3. The maximum atomic E-state index is 5.98. The number of hydrogen-bond acceptors (Lipinski definition) is 2. The van der Waals surface area contributed by atoms with E-state index in [2.05, 4.69) is 36.1 Å². The van der Waals surface area contributed by atoms with E-state index in [1.165, 1.54) is 0 Å². The summed E-state index contributed by atoms with van der Waals surface area (Å²) in [7, 11) is -1.40. The van der Waals surface area contributed by atoms with Gasteiger partial charge in [-0.15, -0.1) is 5.54 Å². The van der Waals surface area contributed by atoms with Crippen molar-refractivity contribution in [3.63, 3.8) is 0 Å². The van der Waals surface area contributed by atoms with Crippen molar-refractivity contribution in [3.05, 3.63) is 66.4 Å². The van der Waals surface area contributed by atoms with Crippen LogP contribution in [0.15, 0.2) is 60.7 Å². The minimum absolute atomic E-state index is 0.811. The van der Waals surface area contributed by atoms with Crippen molar-refractivity contribution in [2.24, 2.45) is 0 Å². The van der Waals surface area contributed by atoms with Crippen LogP contribution in [-0.2, 0) is 0 Å². The quantitative estimate of drug-likeness (QED) is 0.475. The second kappa shape index (κ2) is 6.27. The standard InChI is InChI=1S/C20H19NOSi/c1-23(2,3)15-14-16-12-13-18-19(21-16)10-7-11-20(18)22-17-8-5-4-6-9-17/h4-13H,1-3H3. The second-order valence-corrected chi connectivity index (χ2v) is 11.2. The average molecular weight is 317 g/mol. The van der Waals surface area contributed by atoms with Crippen LogP contribution >= 0.6 is 0 Å². The Morgan fingerprint density at radius 1 is 0.870 bits per heavy atom. The molecule has 2 nitrogen and oxygen atoms in total. The van der Waals surface area contributed by atoms with Crippen LogP contribution in [0.3, 0.4) is 0 Å². The molecule has 0 N–H and O–H groups in total. The van der Waals surface area contributed by atoms with Crippen molar-refractivity contribution in [3.8, 4) is 23.0 Å². The first kappa shape index (κ1) is 15.3. The van der Waals surface area contributed by atoms with E-state index < -0.39 is 8.07 Å². The first-order valence-electron chi connectivity index (χ1n) is 7.67. The minimum atomic E-state index is -1.40. The smallest absolute Gasteiger partial charge is 0.136 e. The number of nitrogens with zero attached hydrogens (tertiary/aromatic N) is 1. The molecule has 23 heavy (non-hydrogen) atoms. The molecule has 0 saturated carbocycles. The van der Waals surface area contributed by atoms with Gasteiger partial charge in [-0.2, -0.15) is 0 Å². The van der Waals surface area contributed by atoms with Crippen LogP contribution < -0.4 is 4.74 Å². The molecule has 1 aromatic heterocycles. The summed E-state index contributed by atoms with van der Waals surface area (Å²) in [6, 6.07) is 19.7. The van der Waals surface area contributed by atoms with Gasteiger partial charge in [-0.05, 0) is 36.4 Å². The SMILES string of the molecule is C[Si](C)(C)C#Cc1ccc2c(Oc3ccccc3)cccc2n1. The maximum absolute atomic E-state index is 5.98. The molecule has 0 amide bonds. The van der Waals surface area contributed by atoms with Gasteiger partial charge in [-0.25, -0.2) is 4.98 Å². The van der Waals surface area contributed by atoms with Crippen molar-refractivity contribution in [1.82, 2.24) is 4.98 Å². The van der Waals surface area contributed by atoms with Gasteiger partial charge >= 0.3 is 0 Å². The monoisotopic (exact) mass is 317 g/mol. The topological polar surface area (TPSA) is 22.1 Å². The Hall–Kier alpha value is -2.57. The lowest BCUT2D eigenvalue weighted by atomic mass is 10.2. The van der Waals surface area contributed by atoms with Gasteiger partial charge in [-0.1, -0.05) is 49.8 Å². The zero-order valence-corrected chi connectivity index (χ0v) is 14.6. The van der Waals surface area contributed by atoms with E-state index in [4.69, 9.17) is 4.74 Å². The van der Waals surface area contributed by atoms with Crippen molar-refractivity contribution in [2.45, 2.75) is 19.6 Å². The van der Waals surface area contributed by atoms with E-state index in [-0.39, 0.29) is 0 Å². The number of hydrogen-bond donors (Lipinski definition) is 0. The summed E-state index contributed by atoms with van der Waals surface area (Å²) >= 11 is 0. The Labute approximate surface area is 138 Å². The molecule has 0 aliphatic carbocycles. The molecule has 114 valence electrons. The van der Waals surface area contributed by atoms with Gasteiger partial charge in [0.2, 0.25) is 0 Å². The summed E-state index contributed by atoms with van der Waals surface area (Å²) in [4.78, 5) is 4.65. The molecule has 0 atom stereocenters. The van der Waals surface area contributed by atoms with Gasteiger partial charge < -0.3 is 4.74 Å². The van der Waals surface area contributed by atoms with E-state index in [0.717, 1.165) is 28.1 Å². The molecule has 0 aliphatic heterocycles. The molecule has 3 heteroatoms. The molecular weight excluding hydrogens is 298 g/mol. The molecule has 0 fully saturated rings. The summed E-state index contributed by atoms with van der Waals surface area (Å²) in [5, 5.41) is 0.995. The molecule has 0 bridgehead atoms. The number of rotatable bonds is 2. The Morgan fingerprint density at radius 2 is 1.65 bits per heavy atom. The zero-order chi connectivity index (χ0) is 16.3. The van der Waals surface area contributed by atoms with Gasteiger partial charge in [-0.3, -0.25) is 0 Å². The highest BCUT2D eigenvalue weighted by Gasteiger charge is 2.08. The summed E-state index contributed by atoms with van der Waals surface area (Å²) in [6.45, 7) is 6.69. The number of para-hydroxylation sites is 1. The minimum Gasteiger partial charge on any atom is -0.457 e. The van der Waals surface area contributed by atoms with E-state index in [1.807, 2.05) is 60.7 Å². The van der Waals surface area contributed by atoms with Crippen molar-refractivity contribution >= 4 is 19.0 Å². The number of fused-ring (bicyclic) bond motifs is 1. The van der Waals surface area contributed by atoms with Crippen LogP contribution in [0.4, 0.5) is 0 Å². The number of pyridine rings is 1. The van der Waals surface area contributed by atoms with Crippen molar-refractivity contribution in [1.29, 1.82) is 0 Å².